The summed E-state index contributed by atoms with van der Waals surface area (Å²) in [4.78, 5) is 14.7. The predicted octanol–water partition coefficient (Wildman–Crippen LogP) is 1.39. The number of hydrogen-bond acceptors (Lipinski definition) is 3. The first-order valence-electron chi connectivity index (χ1n) is 7.31. The molecule has 0 aromatic carbocycles. The first-order valence-corrected chi connectivity index (χ1v) is 7.31. The Morgan fingerprint density at radius 1 is 1.44 bits per heavy atom. The quantitative estimate of drug-likeness (QED) is 0.724. The van der Waals surface area contributed by atoms with Crippen molar-refractivity contribution in [3.05, 3.63) is 0 Å². The fourth-order valence-electron chi connectivity index (χ4n) is 2.95. The standard InChI is InChI=1S/C14H28N2O2/c1-3-7-14(8-5-9-15-12-14)13(18)16(4-2)10-6-11-17/h15,17H,3-12H2,1-2H3. The second kappa shape index (κ2) is 7.74. The molecule has 1 atom stereocenters. The summed E-state index contributed by atoms with van der Waals surface area (Å²) in [6, 6.07) is 0. The molecule has 18 heavy (non-hydrogen) atoms. The van der Waals surface area contributed by atoms with Crippen LogP contribution < -0.4 is 5.32 Å². The molecular formula is C14H28N2O2. The third-order valence-electron chi connectivity index (χ3n) is 3.91. The van der Waals surface area contributed by atoms with Crippen LogP contribution in [0, 0.1) is 5.41 Å². The van der Waals surface area contributed by atoms with Gasteiger partial charge in [0.2, 0.25) is 5.91 Å². The van der Waals surface area contributed by atoms with E-state index < -0.39 is 0 Å². The molecule has 0 aromatic rings. The van der Waals surface area contributed by atoms with Crippen molar-refractivity contribution in [2.45, 2.75) is 46.0 Å². The van der Waals surface area contributed by atoms with Crippen LogP contribution in [-0.4, -0.2) is 48.7 Å². The van der Waals surface area contributed by atoms with Crippen LogP contribution in [0.1, 0.15) is 46.0 Å². The molecule has 1 aliphatic rings. The van der Waals surface area contributed by atoms with Gasteiger partial charge in [-0.2, -0.15) is 0 Å². The van der Waals surface area contributed by atoms with E-state index in [4.69, 9.17) is 5.11 Å². The summed E-state index contributed by atoms with van der Waals surface area (Å²) in [5.74, 6) is 0.285. The maximum atomic E-state index is 12.8. The minimum atomic E-state index is -0.196. The third kappa shape index (κ3) is 3.69. The zero-order chi connectivity index (χ0) is 13.4. The summed E-state index contributed by atoms with van der Waals surface area (Å²) in [6.07, 6.45) is 4.78. The smallest absolute Gasteiger partial charge is 0.230 e. The minimum Gasteiger partial charge on any atom is -0.396 e. The molecule has 0 saturated carbocycles. The van der Waals surface area contributed by atoms with E-state index in [2.05, 4.69) is 12.2 Å². The predicted molar refractivity (Wildman–Crippen MR) is 73.4 cm³/mol. The average molecular weight is 256 g/mol. The number of hydrogen-bond donors (Lipinski definition) is 2. The van der Waals surface area contributed by atoms with Gasteiger partial charge in [0.05, 0.1) is 5.41 Å². The van der Waals surface area contributed by atoms with Crippen molar-refractivity contribution in [3.8, 4) is 0 Å². The summed E-state index contributed by atoms with van der Waals surface area (Å²) in [7, 11) is 0. The molecule has 1 unspecified atom stereocenters. The number of carbonyl (C=O) groups is 1. The van der Waals surface area contributed by atoms with Crippen molar-refractivity contribution in [1.29, 1.82) is 0 Å². The molecule has 1 aliphatic heterocycles. The van der Waals surface area contributed by atoms with Gasteiger partial charge < -0.3 is 15.3 Å². The monoisotopic (exact) mass is 256 g/mol. The van der Waals surface area contributed by atoms with E-state index in [0.717, 1.165) is 45.3 Å². The van der Waals surface area contributed by atoms with E-state index in [1.54, 1.807) is 0 Å². The van der Waals surface area contributed by atoms with Crippen molar-refractivity contribution in [2.24, 2.45) is 5.41 Å². The normalized spacial score (nSPS) is 23.9. The van der Waals surface area contributed by atoms with E-state index in [1.165, 1.54) is 0 Å². The fourth-order valence-corrected chi connectivity index (χ4v) is 2.95. The highest BCUT2D eigenvalue weighted by atomic mass is 16.3. The molecule has 1 saturated heterocycles. The Hall–Kier alpha value is -0.610. The molecule has 1 amide bonds. The van der Waals surface area contributed by atoms with Gasteiger partial charge >= 0.3 is 0 Å². The third-order valence-corrected chi connectivity index (χ3v) is 3.91. The maximum Gasteiger partial charge on any atom is 0.230 e. The Balaban J connectivity index is 2.73. The van der Waals surface area contributed by atoms with Crippen molar-refractivity contribution >= 4 is 5.91 Å². The van der Waals surface area contributed by atoms with Crippen molar-refractivity contribution in [2.75, 3.05) is 32.8 Å². The van der Waals surface area contributed by atoms with Gasteiger partial charge in [0, 0.05) is 26.2 Å². The molecule has 0 aliphatic carbocycles. The van der Waals surface area contributed by atoms with Crippen LogP contribution in [0.15, 0.2) is 0 Å². The van der Waals surface area contributed by atoms with Gasteiger partial charge in [-0.1, -0.05) is 13.3 Å². The Kier molecular flexibility index (Phi) is 6.65. The lowest BCUT2D eigenvalue weighted by molar-refractivity contribution is -0.143. The summed E-state index contributed by atoms with van der Waals surface area (Å²) < 4.78 is 0. The number of nitrogens with zero attached hydrogens (tertiary/aromatic N) is 1. The lowest BCUT2D eigenvalue weighted by Gasteiger charge is -2.40. The highest BCUT2D eigenvalue weighted by molar-refractivity contribution is 5.83. The van der Waals surface area contributed by atoms with Crippen LogP contribution >= 0.6 is 0 Å². The first kappa shape index (κ1) is 15.4. The molecule has 0 radical (unpaired) electrons. The second-order valence-corrected chi connectivity index (χ2v) is 5.27. The van der Waals surface area contributed by atoms with Crippen LogP contribution in [0.4, 0.5) is 0 Å². The second-order valence-electron chi connectivity index (χ2n) is 5.27. The van der Waals surface area contributed by atoms with Crippen molar-refractivity contribution in [3.63, 3.8) is 0 Å². The van der Waals surface area contributed by atoms with Gasteiger partial charge in [0.1, 0.15) is 0 Å². The topological polar surface area (TPSA) is 52.6 Å². The number of carbonyl (C=O) groups excluding carboxylic acids is 1. The van der Waals surface area contributed by atoms with Crippen molar-refractivity contribution in [1.82, 2.24) is 10.2 Å². The van der Waals surface area contributed by atoms with E-state index in [1.807, 2.05) is 11.8 Å². The average Bonchev–Trinajstić information content (AvgIpc) is 2.41. The molecule has 4 nitrogen and oxygen atoms in total. The Labute approximate surface area is 111 Å². The van der Waals surface area contributed by atoms with E-state index in [0.29, 0.717) is 13.0 Å². The van der Waals surface area contributed by atoms with Gasteiger partial charge in [-0.05, 0) is 39.2 Å². The van der Waals surface area contributed by atoms with E-state index >= 15 is 0 Å². The summed E-state index contributed by atoms with van der Waals surface area (Å²) in [5, 5.41) is 12.3. The van der Waals surface area contributed by atoms with Crippen LogP contribution in [0.2, 0.25) is 0 Å². The van der Waals surface area contributed by atoms with Crippen LogP contribution in [-0.2, 0) is 4.79 Å². The molecule has 106 valence electrons. The molecule has 0 aromatic heterocycles. The summed E-state index contributed by atoms with van der Waals surface area (Å²) in [5.41, 5.74) is -0.196. The Morgan fingerprint density at radius 2 is 2.22 bits per heavy atom. The van der Waals surface area contributed by atoms with E-state index in [9.17, 15) is 4.79 Å². The highest BCUT2D eigenvalue weighted by Gasteiger charge is 2.40. The van der Waals surface area contributed by atoms with E-state index in [-0.39, 0.29) is 17.9 Å². The lowest BCUT2D eigenvalue weighted by atomic mass is 9.75. The largest absolute Gasteiger partial charge is 0.396 e. The van der Waals surface area contributed by atoms with Crippen LogP contribution in [0.5, 0.6) is 0 Å². The Morgan fingerprint density at radius 3 is 2.72 bits per heavy atom. The van der Waals surface area contributed by atoms with Gasteiger partial charge in [-0.25, -0.2) is 0 Å². The molecular weight excluding hydrogens is 228 g/mol. The number of aliphatic hydroxyl groups excluding tert-OH is 1. The molecule has 0 bridgehead atoms. The number of rotatable bonds is 7. The summed E-state index contributed by atoms with van der Waals surface area (Å²) in [6.45, 7) is 7.58. The molecule has 2 N–H and O–H groups in total. The Bertz CT molecular complexity index is 245. The number of nitrogens with one attached hydrogen (secondary N) is 1. The molecule has 1 fully saturated rings. The van der Waals surface area contributed by atoms with Crippen molar-refractivity contribution < 1.29 is 9.90 Å². The van der Waals surface area contributed by atoms with Crippen LogP contribution in [0.3, 0.4) is 0 Å². The van der Waals surface area contributed by atoms with Gasteiger partial charge in [0.15, 0.2) is 0 Å². The maximum absolute atomic E-state index is 12.8. The minimum absolute atomic E-state index is 0.156. The SMILES string of the molecule is CCCC1(C(=O)N(CC)CCCO)CCCNC1. The molecule has 1 rings (SSSR count). The highest BCUT2D eigenvalue weighted by Crippen LogP contribution is 2.33. The lowest BCUT2D eigenvalue weighted by Crippen LogP contribution is -2.52. The zero-order valence-electron chi connectivity index (χ0n) is 11.9. The van der Waals surface area contributed by atoms with Gasteiger partial charge in [-0.3, -0.25) is 4.79 Å². The summed E-state index contributed by atoms with van der Waals surface area (Å²) >= 11 is 0. The molecule has 0 spiro atoms. The number of piperidine rings is 1. The molecule has 1 heterocycles. The van der Waals surface area contributed by atoms with Gasteiger partial charge in [-0.15, -0.1) is 0 Å². The first-order chi connectivity index (χ1) is 8.70. The fraction of sp³-hybridized carbons (Fsp3) is 0.929. The van der Waals surface area contributed by atoms with Gasteiger partial charge in [0.25, 0.3) is 0 Å². The number of aliphatic hydroxyl groups is 1. The molecule has 4 heteroatoms. The number of amides is 1. The van der Waals surface area contributed by atoms with Crippen LogP contribution in [0.25, 0.3) is 0 Å². The zero-order valence-corrected chi connectivity index (χ0v) is 11.9.